The van der Waals surface area contributed by atoms with Crippen molar-refractivity contribution in [2.24, 2.45) is 7.05 Å². The van der Waals surface area contributed by atoms with E-state index in [2.05, 4.69) is 5.10 Å². The molecule has 0 unspecified atom stereocenters. The van der Waals surface area contributed by atoms with E-state index in [1.807, 2.05) is 20.2 Å². The average Bonchev–Trinajstić information content (AvgIpc) is 2.49. The van der Waals surface area contributed by atoms with Crippen molar-refractivity contribution in [2.75, 3.05) is 7.05 Å². The smallest absolute Gasteiger partial charge is 0.222 e. The molecular weight excluding hydrogens is 166 g/mol. The van der Waals surface area contributed by atoms with Gasteiger partial charge in [0.15, 0.2) is 0 Å². The SMILES string of the molecule is CCC(=O)N(C)Cc1cnn(C)c1. The van der Waals surface area contributed by atoms with Crippen molar-refractivity contribution in [1.29, 1.82) is 0 Å². The first-order chi connectivity index (χ1) is 6.13. The van der Waals surface area contributed by atoms with Crippen LogP contribution < -0.4 is 0 Å². The molecule has 4 nitrogen and oxygen atoms in total. The minimum atomic E-state index is 0.156. The standard InChI is InChI=1S/C9H15N3O/c1-4-9(13)11(2)6-8-5-10-12(3)7-8/h5,7H,4,6H2,1-3H3. The molecule has 0 atom stereocenters. The van der Waals surface area contributed by atoms with Crippen LogP contribution in [0.3, 0.4) is 0 Å². The van der Waals surface area contributed by atoms with Gasteiger partial charge in [-0.25, -0.2) is 0 Å². The molecule has 72 valence electrons. The fraction of sp³-hybridized carbons (Fsp3) is 0.556. The molecule has 1 heterocycles. The van der Waals surface area contributed by atoms with Crippen molar-refractivity contribution in [3.8, 4) is 0 Å². The highest BCUT2D eigenvalue weighted by Crippen LogP contribution is 2.02. The largest absolute Gasteiger partial charge is 0.341 e. The third kappa shape index (κ3) is 2.57. The first kappa shape index (κ1) is 9.77. The predicted molar refractivity (Wildman–Crippen MR) is 50.0 cm³/mol. The monoisotopic (exact) mass is 181 g/mol. The summed E-state index contributed by atoms with van der Waals surface area (Å²) in [7, 11) is 3.67. The molecule has 0 fully saturated rings. The predicted octanol–water partition coefficient (Wildman–Crippen LogP) is 0.788. The van der Waals surface area contributed by atoms with E-state index in [9.17, 15) is 4.79 Å². The Morgan fingerprint density at radius 1 is 1.69 bits per heavy atom. The molecule has 0 spiro atoms. The van der Waals surface area contributed by atoms with Gasteiger partial charge in [-0.05, 0) is 0 Å². The molecule has 0 N–H and O–H groups in total. The molecule has 13 heavy (non-hydrogen) atoms. The average molecular weight is 181 g/mol. The molecule has 1 aromatic heterocycles. The van der Waals surface area contributed by atoms with Crippen molar-refractivity contribution >= 4 is 5.91 Å². The number of hydrogen-bond donors (Lipinski definition) is 0. The summed E-state index contributed by atoms with van der Waals surface area (Å²) in [4.78, 5) is 12.9. The minimum absolute atomic E-state index is 0.156. The van der Waals surface area contributed by atoms with Crippen LogP contribution in [0.25, 0.3) is 0 Å². The van der Waals surface area contributed by atoms with Crippen molar-refractivity contribution < 1.29 is 4.79 Å². The molecule has 0 aliphatic carbocycles. The zero-order valence-electron chi connectivity index (χ0n) is 8.32. The van der Waals surface area contributed by atoms with Gasteiger partial charge in [0.2, 0.25) is 5.91 Å². The summed E-state index contributed by atoms with van der Waals surface area (Å²) in [5.74, 6) is 0.156. The maximum atomic E-state index is 11.2. The van der Waals surface area contributed by atoms with Crippen LogP contribution in [-0.4, -0.2) is 27.6 Å². The Labute approximate surface area is 78.1 Å². The van der Waals surface area contributed by atoms with E-state index < -0.39 is 0 Å². The van der Waals surface area contributed by atoms with Crippen LogP contribution in [0.15, 0.2) is 12.4 Å². The van der Waals surface area contributed by atoms with Gasteiger partial charge in [-0.3, -0.25) is 9.48 Å². The molecule has 1 rings (SSSR count). The fourth-order valence-electron chi connectivity index (χ4n) is 1.19. The topological polar surface area (TPSA) is 38.1 Å². The lowest BCUT2D eigenvalue weighted by molar-refractivity contribution is -0.130. The zero-order valence-corrected chi connectivity index (χ0v) is 8.32. The van der Waals surface area contributed by atoms with Crippen molar-refractivity contribution in [3.05, 3.63) is 18.0 Å². The maximum absolute atomic E-state index is 11.2. The van der Waals surface area contributed by atoms with Crippen molar-refractivity contribution in [1.82, 2.24) is 14.7 Å². The Kier molecular flexibility index (Phi) is 3.06. The van der Waals surface area contributed by atoms with E-state index in [1.165, 1.54) is 0 Å². The van der Waals surface area contributed by atoms with Crippen LogP contribution in [0.1, 0.15) is 18.9 Å². The number of carbonyl (C=O) groups is 1. The van der Waals surface area contributed by atoms with Crippen molar-refractivity contribution in [3.63, 3.8) is 0 Å². The number of hydrogen-bond acceptors (Lipinski definition) is 2. The van der Waals surface area contributed by atoms with Crippen molar-refractivity contribution in [2.45, 2.75) is 19.9 Å². The van der Waals surface area contributed by atoms with Crippen LogP contribution in [-0.2, 0) is 18.4 Å². The van der Waals surface area contributed by atoms with Gasteiger partial charge in [0.25, 0.3) is 0 Å². The summed E-state index contributed by atoms with van der Waals surface area (Å²) in [6.45, 7) is 2.50. The summed E-state index contributed by atoms with van der Waals surface area (Å²) >= 11 is 0. The molecule has 4 heteroatoms. The molecule has 0 saturated carbocycles. The molecule has 0 aliphatic rings. The Morgan fingerprint density at radius 2 is 2.38 bits per heavy atom. The lowest BCUT2D eigenvalue weighted by atomic mass is 10.3. The second-order valence-electron chi connectivity index (χ2n) is 3.13. The van der Waals surface area contributed by atoms with Crippen LogP contribution in [0.2, 0.25) is 0 Å². The molecule has 0 bridgehead atoms. The summed E-state index contributed by atoms with van der Waals surface area (Å²) in [6.07, 6.45) is 4.25. The molecular formula is C9H15N3O. The first-order valence-electron chi connectivity index (χ1n) is 4.35. The van der Waals surface area contributed by atoms with Gasteiger partial charge >= 0.3 is 0 Å². The van der Waals surface area contributed by atoms with Crippen LogP contribution in [0.5, 0.6) is 0 Å². The Balaban J connectivity index is 2.54. The highest BCUT2D eigenvalue weighted by molar-refractivity contribution is 5.75. The van der Waals surface area contributed by atoms with E-state index in [4.69, 9.17) is 0 Å². The third-order valence-corrected chi connectivity index (χ3v) is 1.91. The van der Waals surface area contributed by atoms with Gasteiger partial charge in [-0.15, -0.1) is 0 Å². The fourth-order valence-corrected chi connectivity index (χ4v) is 1.19. The molecule has 0 aliphatic heterocycles. The van der Waals surface area contributed by atoms with E-state index in [0.29, 0.717) is 13.0 Å². The van der Waals surface area contributed by atoms with Crippen LogP contribution in [0, 0.1) is 0 Å². The second-order valence-corrected chi connectivity index (χ2v) is 3.13. The van der Waals surface area contributed by atoms with Crippen LogP contribution >= 0.6 is 0 Å². The van der Waals surface area contributed by atoms with Gasteiger partial charge in [0.1, 0.15) is 0 Å². The van der Waals surface area contributed by atoms with Gasteiger partial charge in [0, 0.05) is 38.8 Å². The number of amides is 1. The summed E-state index contributed by atoms with van der Waals surface area (Å²) < 4.78 is 1.74. The van der Waals surface area contributed by atoms with E-state index in [-0.39, 0.29) is 5.91 Å². The number of rotatable bonds is 3. The lowest BCUT2D eigenvalue weighted by Gasteiger charge is -2.14. The van der Waals surface area contributed by atoms with Gasteiger partial charge < -0.3 is 4.90 Å². The Morgan fingerprint density at radius 3 is 2.85 bits per heavy atom. The first-order valence-corrected chi connectivity index (χ1v) is 4.35. The Hall–Kier alpha value is -1.32. The number of aryl methyl sites for hydroxylation is 1. The third-order valence-electron chi connectivity index (χ3n) is 1.91. The van der Waals surface area contributed by atoms with Gasteiger partial charge in [0.05, 0.1) is 6.20 Å². The molecule has 0 saturated heterocycles. The normalized spacial score (nSPS) is 10.1. The highest BCUT2D eigenvalue weighted by Gasteiger charge is 2.06. The number of aromatic nitrogens is 2. The maximum Gasteiger partial charge on any atom is 0.222 e. The highest BCUT2D eigenvalue weighted by atomic mass is 16.2. The Bertz CT molecular complexity index is 293. The molecule has 0 aromatic carbocycles. The van der Waals surface area contributed by atoms with Crippen LogP contribution in [0.4, 0.5) is 0 Å². The van der Waals surface area contributed by atoms with Gasteiger partial charge in [-0.1, -0.05) is 6.92 Å². The van der Waals surface area contributed by atoms with E-state index in [1.54, 1.807) is 22.8 Å². The summed E-state index contributed by atoms with van der Waals surface area (Å²) in [5, 5.41) is 4.03. The summed E-state index contributed by atoms with van der Waals surface area (Å²) in [5.41, 5.74) is 1.06. The molecule has 0 radical (unpaired) electrons. The zero-order chi connectivity index (χ0) is 9.84. The minimum Gasteiger partial charge on any atom is -0.341 e. The molecule has 1 aromatic rings. The number of nitrogens with zero attached hydrogens (tertiary/aromatic N) is 3. The van der Waals surface area contributed by atoms with E-state index in [0.717, 1.165) is 5.56 Å². The van der Waals surface area contributed by atoms with E-state index >= 15 is 0 Å². The summed E-state index contributed by atoms with van der Waals surface area (Å²) in [6, 6.07) is 0. The van der Waals surface area contributed by atoms with Gasteiger partial charge in [-0.2, -0.15) is 5.10 Å². The lowest BCUT2D eigenvalue weighted by Crippen LogP contribution is -2.24. The quantitative estimate of drug-likeness (QED) is 0.691. The second kappa shape index (κ2) is 4.07. The number of carbonyl (C=O) groups excluding carboxylic acids is 1. The molecule has 1 amide bonds.